The minimum Gasteiger partial charge on any atom is -0.481 e. The van der Waals surface area contributed by atoms with Crippen LogP contribution in [0.5, 0.6) is 5.75 Å². The summed E-state index contributed by atoms with van der Waals surface area (Å²) in [4.78, 5) is 4.16. The molecule has 0 fully saturated rings. The molecule has 2 N–H and O–H groups in total. The Hall–Kier alpha value is -1.65. The van der Waals surface area contributed by atoms with Crippen LogP contribution in [0.3, 0.4) is 0 Å². The topological polar surface area (TPSA) is 48.1 Å². The number of ether oxygens (including phenoxy) is 1. The van der Waals surface area contributed by atoms with Crippen LogP contribution in [-0.2, 0) is 0 Å². The maximum Gasteiger partial charge on any atom is 0.153 e. The van der Waals surface area contributed by atoms with Gasteiger partial charge in [0.25, 0.3) is 0 Å². The molecule has 0 amide bonds. The third kappa shape index (κ3) is 2.97. The van der Waals surface area contributed by atoms with E-state index < -0.39 is 11.9 Å². The number of hydrogen-bond acceptors (Lipinski definition) is 3. The Morgan fingerprint density at radius 1 is 1.33 bits per heavy atom. The highest BCUT2D eigenvalue weighted by molar-refractivity contribution is 6.32. The zero-order chi connectivity index (χ0) is 13.0. The normalized spacial score (nSPS) is 12.2. The molecule has 0 spiro atoms. The fraction of sp³-hybridized carbons (Fsp3) is 0.154. The zero-order valence-corrected chi connectivity index (χ0v) is 10.3. The van der Waals surface area contributed by atoms with Gasteiger partial charge in [0.05, 0.1) is 10.7 Å². The van der Waals surface area contributed by atoms with E-state index in [4.69, 9.17) is 22.1 Å². The van der Waals surface area contributed by atoms with E-state index in [2.05, 4.69) is 4.98 Å². The monoisotopic (exact) mass is 266 g/mol. The molecule has 3 nitrogen and oxygen atoms in total. The average Bonchev–Trinajstić information content (AvgIpc) is 2.41. The minimum atomic E-state index is -0.453. The third-order valence-corrected chi connectivity index (χ3v) is 2.71. The van der Waals surface area contributed by atoms with Crippen LogP contribution in [0, 0.1) is 5.82 Å². The van der Waals surface area contributed by atoms with E-state index in [1.807, 2.05) is 6.07 Å². The molecule has 1 unspecified atom stereocenters. The van der Waals surface area contributed by atoms with Gasteiger partial charge in [0.2, 0.25) is 0 Å². The quantitative estimate of drug-likeness (QED) is 0.926. The van der Waals surface area contributed by atoms with Crippen molar-refractivity contribution >= 4 is 11.6 Å². The minimum absolute atomic E-state index is 0.226. The molecule has 2 aromatic rings. The molecule has 1 heterocycles. The number of nitrogens with zero attached hydrogens (tertiary/aromatic N) is 1. The summed E-state index contributed by atoms with van der Waals surface area (Å²) in [6.45, 7) is 0.226. The van der Waals surface area contributed by atoms with Gasteiger partial charge in [0.15, 0.2) is 6.10 Å². The summed E-state index contributed by atoms with van der Waals surface area (Å²) >= 11 is 5.93. The van der Waals surface area contributed by atoms with Crippen LogP contribution in [0.4, 0.5) is 4.39 Å². The highest BCUT2D eigenvalue weighted by Gasteiger charge is 2.14. The van der Waals surface area contributed by atoms with E-state index >= 15 is 0 Å². The highest BCUT2D eigenvalue weighted by Crippen LogP contribution is 2.28. The van der Waals surface area contributed by atoms with Crippen LogP contribution in [0.25, 0.3) is 0 Å². The van der Waals surface area contributed by atoms with Crippen LogP contribution in [0.1, 0.15) is 11.8 Å². The van der Waals surface area contributed by atoms with Crippen LogP contribution in [0.15, 0.2) is 42.6 Å². The molecular formula is C13H12ClFN2O. The highest BCUT2D eigenvalue weighted by atomic mass is 35.5. The van der Waals surface area contributed by atoms with Crippen molar-refractivity contribution in [1.29, 1.82) is 0 Å². The van der Waals surface area contributed by atoms with Crippen molar-refractivity contribution in [3.05, 3.63) is 59.1 Å². The molecule has 0 bridgehead atoms. The lowest BCUT2D eigenvalue weighted by atomic mass is 10.2. The van der Waals surface area contributed by atoms with Gasteiger partial charge in [-0.2, -0.15) is 0 Å². The molecule has 1 atom stereocenters. The first-order valence-corrected chi connectivity index (χ1v) is 5.81. The lowest BCUT2D eigenvalue weighted by Crippen LogP contribution is -2.19. The largest absolute Gasteiger partial charge is 0.481 e. The fourth-order valence-corrected chi connectivity index (χ4v) is 1.68. The molecule has 0 saturated carbocycles. The van der Waals surface area contributed by atoms with Gasteiger partial charge in [0.1, 0.15) is 11.6 Å². The molecule has 18 heavy (non-hydrogen) atoms. The Bertz CT molecular complexity index is 522. The first-order valence-electron chi connectivity index (χ1n) is 5.43. The van der Waals surface area contributed by atoms with E-state index in [0.29, 0.717) is 10.7 Å². The first kappa shape index (κ1) is 12.8. The van der Waals surface area contributed by atoms with E-state index in [0.717, 1.165) is 0 Å². The Labute approximate surface area is 109 Å². The number of hydrogen-bond donors (Lipinski definition) is 1. The number of nitrogens with two attached hydrogens (primary N) is 1. The summed E-state index contributed by atoms with van der Waals surface area (Å²) in [6, 6.07) is 9.37. The third-order valence-electron chi connectivity index (χ3n) is 2.39. The van der Waals surface area contributed by atoms with Crippen molar-refractivity contribution in [2.45, 2.75) is 6.10 Å². The second kappa shape index (κ2) is 5.80. The second-order valence-electron chi connectivity index (χ2n) is 3.67. The molecule has 0 aliphatic carbocycles. The maximum atomic E-state index is 13.1. The van der Waals surface area contributed by atoms with Crippen molar-refractivity contribution in [2.75, 3.05) is 6.54 Å². The van der Waals surface area contributed by atoms with Gasteiger partial charge in [-0.05, 0) is 24.3 Å². The molecule has 2 rings (SSSR count). The number of benzene rings is 1. The second-order valence-corrected chi connectivity index (χ2v) is 4.08. The van der Waals surface area contributed by atoms with Crippen molar-refractivity contribution in [1.82, 2.24) is 4.98 Å². The van der Waals surface area contributed by atoms with Crippen molar-refractivity contribution < 1.29 is 9.13 Å². The summed E-state index contributed by atoms with van der Waals surface area (Å²) in [6.07, 6.45) is 1.19. The number of aromatic nitrogens is 1. The molecule has 0 aliphatic heterocycles. The van der Waals surface area contributed by atoms with Crippen LogP contribution in [-0.4, -0.2) is 11.5 Å². The Morgan fingerprint density at radius 2 is 2.17 bits per heavy atom. The van der Waals surface area contributed by atoms with E-state index in [1.165, 1.54) is 18.2 Å². The number of pyridine rings is 1. The summed E-state index contributed by atoms with van der Waals surface area (Å²) in [5, 5.41) is 0.339. The number of halogens is 2. The SMILES string of the molecule is NCC(Oc1cc(F)ccc1Cl)c1ccccn1. The summed E-state index contributed by atoms with van der Waals surface area (Å²) in [5.74, 6) is -0.149. The Morgan fingerprint density at radius 3 is 2.83 bits per heavy atom. The van der Waals surface area contributed by atoms with E-state index in [-0.39, 0.29) is 12.3 Å². The lowest BCUT2D eigenvalue weighted by molar-refractivity contribution is 0.208. The van der Waals surface area contributed by atoms with Gasteiger partial charge in [0, 0.05) is 18.8 Å². The molecular weight excluding hydrogens is 255 g/mol. The molecule has 0 saturated heterocycles. The van der Waals surface area contributed by atoms with Gasteiger partial charge in [-0.3, -0.25) is 4.98 Å². The number of rotatable bonds is 4. The average molecular weight is 267 g/mol. The summed E-state index contributed by atoms with van der Waals surface area (Å²) in [7, 11) is 0. The van der Waals surface area contributed by atoms with E-state index in [1.54, 1.807) is 18.3 Å². The van der Waals surface area contributed by atoms with Gasteiger partial charge in [-0.1, -0.05) is 17.7 Å². The molecule has 5 heteroatoms. The van der Waals surface area contributed by atoms with Gasteiger partial charge >= 0.3 is 0 Å². The van der Waals surface area contributed by atoms with Crippen molar-refractivity contribution in [2.24, 2.45) is 5.73 Å². The smallest absolute Gasteiger partial charge is 0.153 e. The lowest BCUT2D eigenvalue weighted by Gasteiger charge is -2.17. The van der Waals surface area contributed by atoms with Crippen LogP contribution in [0.2, 0.25) is 5.02 Å². The predicted molar refractivity (Wildman–Crippen MR) is 68.1 cm³/mol. The van der Waals surface area contributed by atoms with Crippen LogP contribution >= 0.6 is 11.6 Å². The molecule has 0 radical (unpaired) electrons. The van der Waals surface area contributed by atoms with Gasteiger partial charge < -0.3 is 10.5 Å². The predicted octanol–water partition coefficient (Wildman–Crippen LogP) is 2.95. The standard InChI is InChI=1S/C13H12ClFN2O/c14-10-5-4-9(15)7-12(10)18-13(8-16)11-3-1-2-6-17-11/h1-7,13H,8,16H2. The molecule has 0 aliphatic rings. The van der Waals surface area contributed by atoms with Crippen LogP contribution < -0.4 is 10.5 Å². The fourth-order valence-electron chi connectivity index (χ4n) is 1.52. The zero-order valence-electron chi connectivity index (χ0n) is 9.51. The molecule has 94 valence electrons. The Kier molecular flexibility index (Phi) is 4.12. The molecule has 1 aromatic carbocycles. The van der Waals surface area contributed by atoms with Gasteiger partial charge in [-0.25, -0.2) is 4.39 Å². The first-order chi connectivity index (χ1) is 8.70. The Balaban J connectivity index is 2.23. The van der Waals surface area contributed by atoms with Gasteiger partial charge in [-0.15, -0.1) is 0 Å². The van der Waals surface area contributed by atoms with Crippen molar-refractivity contribution in [3.63, 3.8) is 0 Å². The summed E-state index contributed by atoms with van der Waals surface area (Å²) in [5.41, 5.74) is 6.32. The van der Waals surface area contributed by atoms with Crippen molar-refractivity contribution in [3.8, 4) is 5.75 Å². The maximum absolute atomic E-state index is 13.1. The van der Waals surface area contributed by atoms with E-state index in [9.17, 15) is 4.39 Å². The summed E-state index contributed by atoms with van der Waals surface area (Å²) < 4.78 is 18.7. The molecule has 1 aromatic heterocycles.